The van der Waals surface area contributed by atoms with E-state index < -0.39 is 0 Å². The van der Waals surface area contributed by atoms with Crippen LogP contribution in [0, 0.1) is 23.7 Å². The number of Topliss-reactive ketones (excluding diaryl/α,β-unsaturated/α-hetero) is 1. The van der Waals surface area contributed by atoms with Crippen molar-refractivity contribution in [2.24, 2.45) is 23.7 Å². The average molecular weight is 224 g/mol. The molecule has 0 spiro atoms. The molecule has 0 N–H and O–H groups in total. The second-order valence-corrected chi connectivity index (χ2v) is 6.01. The number of fused-ring (bicyclic) bond motifs is 2. The van der Waals surface area contributed by atoms with E-state index in [1.54, 1.807) is 7.11 Å². The van der Waals surface area contributed by atoms with E-state index in [9.17, 15) is 4.79 Å². The molecule has 0 heterocycles. The van der Waals surface area contributed by atoms with Gasteiger partial charge in [0.2, 0.25) is 0 Å². The Morgan fingerprint density at radius 1 is 1.31 bits per heavy atom. The molecule has 2 bridgehead atoms. The van der Waals surface area contributed by atoms with Crippen LogP contribution in [0.1, 0.15) is 46.0 Å². The molecule has 0 aliphatic heterocycles. The topological polar surface area (TPSA) is 26.3 Å². The first-order valence-corrected chi connectivity index (χ1v) is 6.67. The number of ketones is 1. The zero-order chi connectivity index (χ0) is 11.7. The number of rotatable bonds is 5. The van der Waals surface area contributed by atoms with Crippen molar-refractivity contribution in [1.29, 1.82) is 0 Å². The molecule has 2 rings (SSSR count). The first-order chi connectivity index (χ1) is 7.61. The first-order valence-electron chi connectivity index (χ1n) is 6.67. The molecule has 4 unspecified atom stereocenters. The Labute approximate surface area is 98.7 Å². The third-order valence-corrected chi connectivity index (χ3v) is 4.52. The maximum Gasteiger partial charge on any atom is 0.162 e. The summed E-state index contributed by atoms with van der Waals surface area (Å²) in [7, 11) is 1.66. The molecule has 2 heteroatoms. The van der Waals surface area contributed by atoms with Gasteiger partial charge in [-0.05, 0) is 42.9 Å². The highest BCUT2D eigenvalue weighted by Gasteiger charge is 2.41. The summed E-state index contributed by atoms with van der Waals surface area (Å²) in [4.78, 5) is 12.1. The Balaban J connectivity index is 1.87. The number of methoxy groups -OCH3 is 1. The molecule has 0 aromatic carbocycles. The summed E-state index contributed by atoms with van der Waals surface area (Å²) < 4.78 is 5.31. The average Bonchev–Trinajstić information content (AvgIpc) is 2.79. The van der Waals surface area contributed by atoms with Gasteiger partial charge in [-0.3, -0.25) is 4.79 Å². The predicted molar refractivity (Wildman–Crippen MR) is 64.2 cm³/mol. The van der Waals surface area contributed by atoms with E-state index in [4.69, 9.17) is 4.74 Å². The van der Waals surface area contributed by atoms with Gasteiger partial charge in [-0.15, -0.1) is 0 Å². The lowest BCUT2D eigenvalue weighted by atomic mass is 9.83. The first kappa shape index (κ1) is 12.1. The van der Waals surface area contributed by atoms with Crippen LogP contribution in [0.3, 0.4) is 0 Å². The van der Waals surface area contributed by atoms with E-state index in [1.807, 2.05) is 0 Å². The second-order valence-electron chi connectivity index (χ2n) is 6.01. The third kappa shape index (κ3) is 2.32. The summed E-state index contributed by atoms with van der Waals surface area (Å²) in [5, 5.41) is 0. The van der Waals surface area contributed by atoms with Gasteiger partial charge in [0.15, 0.2) is 5.78 Å². The number of carbonyl (C=O) groups excluding carboxylic acids is 1. The summed E-state index contributed by atoms with van der Waals surface area (Å²) >= 11 is 0. The Hall–Kier alpha value is -0.370. The molecule has 2 aliphatic rings. The van der Waals surface area contributed by atoms with E-state index in [0.717, 1.165) is 18.3 Å². The van der Waals surface area contributed by atoms with Crippen LogP contribution < -0.4 is 0 Å². The van der Waals surface area contributed by atoms with Crippen LogP contribution >= 0.6 is 0 Å². The van der Waals surface area contributed by atoms with E-state index >= 15 is 0 Å². The minimum Gasteiger partial charge on any atom is -0.373 e. The Kier molecular flexibility index (Phi) is 3.68. The van der Waals surface area contributed by atoms with Crippen molar-refractivity contribution in [3.05, 3.63) is 0 Å². The summed E-state index contributed by atoms with van der Waals surface area (Å²) in [6, 6.07) is 0. The molecule has 2 saturated carbocycles. The smallest absolute Gasteiger partial charge is 0.162 e. The lowest BCUT2D eigenvalue weighted by Gasteiger charge is -2.24. The van der Waals surface area contributed by atoms with Crippen LogP contribution in [0.15, 0.2) is 0 Å². The summed E-state index contributed by atoms with van der Waals surface area (Å²) in [5.41, 5.74) is 0. The monoisotopic (exact) mass is 224 g/mol. The van der Waals surface area contributed by atoms with Crippen LogP contribution in [0.25, 0.3) is 0 Å². The van der Waals surface area contributed by atoms with Crippen molar-refractivity contribution in [1.82, 2.24) is 0 Å². The standard InChI is InChI=1S/C14H24O2/c1-9(2)14(16-3)13(15)8-12-7-10-4-5-11(12)6-10/h9-12,14H,4-8H2,1-3H3. The van der Waals surface area contributed by atoms with Gasteiger partial charge in [0, 0.05) is 13.5 Å². The molecule has 16 heavy (non-hydrogen) atoms. The molecule has 0 saturated heterocycles. The predicted octanol–water partition coefficient (Wildman–Crippen LogP) is 3.05. The van der Waals surface area contributed by atoms with Gasteiger partial charge < -0.3 is 4.74 Å². The summed E-state index contributed by atoms with van der Waals surface area (Å²) in [6.07, 6.45) is 6.04. The minimum absolute atomic E-state index is 0.181. The highest BCUT2D eigenvalue weighted by atomic mass is 16.5. The van der Waals surface area contributed by atoms with Crippen molar-refractivity contribution in [3.8, 4) is 0 Å². The van der Waals surface area contributed by atoms with Crippen LogP contribution in [-0.2, 0) is 9.53 Å². The number of hydrogen-bond acceptors (Lipinski definition) is 2. The lowest BCUT2D eigenvalue weighted by molar-refractivity contribution is -0.132. The molecule has 2 nitrogen and oxygen atoms in total. The van der Waals surface area contributed by atoms with Gasteiger partial charge in [-0.25, -0.2) is 0 Å². The van der Waals surface area contributed by atoms with Crippen LogP contribution in [0.2, 0.25) is 0 Å². The van der Waals surface area contributed by atoms with Crippen molar-refractivity contribution in [2.75, 3.05) is 7.11 Å². The van der Waals surface area contributed by atoms with Crippen molar-refractivity contribution >= 4 is 5.78 Å². The molecule has 0 amide bonds. The van der Waals surface area contributed by atoms with Gasteiger partial charge in [0.1, 0.15) is 6.10 Å². The van der Waals surface area contributed by atoms with E-state index in [2.05, 4.69) is 13.8 Å². The Bertz CT molecular complexity index is 259. The van der Waals surface area contributed by atoms with E-state index in [1.165, 1.54) is 25.7 Å². The fraction of sp³-hybridized carbons (Fsp3) is 0.929. The van der Waals surface area contributed by atoms with Crippen molar-refractivity contribution in [2.45, 2.75) is 52.1 Å². The van der Waals surface area contributed by atoms with Gasteiger partial charge in [-0.2, -0.15) is 0 Å². The molecular formula is C14H24O2. The Morgan fingerprint density at radius 2 is 2.06 bits per heavy atom. The van der Waals surface area contributed by atoms with Gasteiger partial charge >= 0.3 is 0 Å². The maximum atomic E-state index is 12.1. The lowest BCUT2D eigenvalue weighted by Crippen LogP contribution is -2.31. The molecular weight excluding hydrogens is 200 g/mol. The molecule has 2 fully saturated rings. The molecule has 0 aromatic rings. The van der Waals surface area contributed by atoms with Gasteiger partial charge in [0.05, 0.1) is 0 Å². The highest BCUT2D eigenvalue weighted by Crippen LogP contribution is 2.49. The molecule has 2 aliphatic carbocycles. The van der Waals surface area contributed by atoms with E-state index in [-0.39, 0.29) is 6.10 Å². The Morgan fingerprint density at radius 3 is 2.50 bits per heavy atom. The zero-order valence-corrected chi connectivity index (χ0v) is 10.7. The fourth-order valence-corrected chi connectivity index (χ4v) is 3.78. The number of ether oxygens (including phenoxy) is 1. The van der Waals surface area contributed by atoms with E-state index in [0.29, 0.717) is 17.6 Å². The molecule has 0 aromatic heterocycles. The fourth-order valence-electron chi connectivity index (χ4n) is 3.78. The normalized spacial score (nSPS) is 34.6. The van der Waals surface area contributed by atoms with Gasteiger partial charge in [-0.1, -0.05) is 20.3 Å². The van der Waals surface area contributed by atoms with Crippen molar-refractivity contribution < 1.29 is 9.53 Å². The minimum atomic E-state index is -0.181. The highest BCUT2D eigenvalue weighted by molar-refractivity contribution is 5.83. The third-order valence-electron chi connectivity index (χ3n) is 4.52. The van der Waals surface area contributed by atoms with Crippen LogP contribution in [0.4, 0.5) is 0 Å². The van der Waals surface area contributed by atoms with Crippen molar-refractivity contribution in [3.63, 3.8) is 0 Å². The summed E-state index contributed by atoms with van der Waals surface area (Å²) in [6.45, 7) is 4.12. The molecule has 92 valence electrons. The number of carbonyl (C=O) groups is 1. The van der Waals surface area contributed by atoms with Gasteiger partial charge in [0.25, 0.3) is 0 Å². The summed E-state index contributed by atoms with van der Waals surface area (Å²) in [5.74, 6) is 3.08. The number of hydrogen-bond donors (Lipinski definition) is 0. The quantitative estimate of drug-likeness (QED) is 0.717. The largest absolute Gasteiger partial charge is 0.373 e. The SMILES string of the molecule is COC(C(=O)CC1CC2CCC1C2)C(C)C. The molecule has 4 atom stereocenters. The maximum absolute atomic E-state index is 12.1. The second kappa shape index (κ2) is 4.87. The molecule has 0 radical (unpaired) electrons. The van der Waals surface area contributed by atoms with Crippen LogP contribution in [0.5, 0.6) is 0 Å². The zero-order valence-electron chi connectivity index (χ0n) is 10.7. The van der Waals surface area contributed by atoms with Crippen LogP contribution in [-0.4, -0.2) is 19.0 Å².